The highest BCUT2D eigenvalue weighted by Gasteiger charge is 2.26. The van der Waals surface area contributed by atoms with Crippen molar-refractivity contribution in [2.75, 3.05) is 50.8 Å². The van der Waals surface area contributed by atoms with Gasteiger partial charge in [-0.15, -0.1) is 4.68 Å². The monoisotopic (exact) mass is 479 g/mol. The number of hydrogen-bond acceptors (Lipinski definition) is 7. The Balaban J connectivity index is 1.29. The number of likely N-dealkylation sites (tertiary alicyclic amines) is 1. The SMILES string of the molecule is CCN1CCC(n2cc(-c3c[nH]c4ncc(-c5cnc(N6CCOCC6)s5)nc34)c[n+]2C)CC1. The van der Waals surface area contributed by atoms with E-state index in [0.717, 1.165) is 83.9 Å². The maximum Gasteiger partial charge on any atom is 0.203 e. The maximum atomic E-state index is 5.47. The third-order valence-corrected chi connectivity index (χ3v) is 8.14. The van der Waals surface area contributed by atoms with E-state index in [-0.39, 0.29) is 0 Å². The minimum atomic E-state index is 0.532. The quantitative estimate of drug-likeness (QED) is 0.444. The van der Waals surface area contributed by atoms with E-state index in [2.05, 4.69) is 60.5 Å². The fourth-order valence-electron chi connectivity index (χ4n) is 5.05. The molecule has 4 aromatic heterocycles. The van der Waals surface area contributed by atoms with Gasteiger partial charge in [-0.25, -0.2) is 15.0 Å². The van der Waals surface area contributed by atoms with Gasteiger partial charge in [0.15, 0.2) is 17.8 Å². The van der Waals surface area contributed by atoms with Crippen molar-refractivity contribution in [1.29, 1.82) is 0 Å². The van der Waals surface area contributed by atoms with Crippen molar-refractivity contribution in [3.8, 4) is 21.7 Å². The van der Waals surface area contributed by atoms with Crippen LogP contribution < -0.4 is 9.58 Å². The maximum absolute atomic E-state index is 5.47. The van der Waals surface area contributed by atoms with Gasteiger partial charge >= 0.3 is 0 Å². The van der Waals surface area contributed by atoms with Crippen LogP contribution in [0.5, 0.6) is 0 Å². The van der Waals surface area contributed by atoms with E-state index in [0.29, 0.717) is 6.04 Å². The number of morpholine rings is 1. The summed E-state index contributed by atoms with van der Waals surface area (Å²) in [6, 6.07) is 0.532. The van der Waals surface area contributed by atoms with Crippen LogP contribution in [0.4, 0.5) is 5.13 Å². The van der Waals surface area contributed by atoms with Crippen molar-refractivity contribution in [2.24, 2.45) is 7.05 Å². The van der Waals surface area contributed by atoms with Crippen LogP contribution in [0.2, 0.25) is 0 Å². The molecule has 34 heavy (non-hydrogen) atoms. The number of aromatic nitrogens is 6. The number of thiazole rings is 1. The van der Waals surface area contributed by atoms with Crippen molar-refractivity contribution in [2.45, 2.75) is 25.8 Å². The number of hydrogen-bond donors (Lipinski definition) is 1. The molecule has 2 saturated heterocycles. The van der Waals surface area contributed by atoms with Crippen molar-refractivity contribution < 1.29 is 9.42 Å². The molecule has 0 unspecified atom stereocenters. The van der Waals surface area contributed by atoms with Crippen LogP contribution in [0.3, 0.4) is 0 Å². The highest BCUT2D eigenvalue weighted by Crippen LogP contribution is 2.33. The van der Waals surface area contributed by atoms with E-state index in [1.165, 1.54) is 12.8 Å². The molecular formula is C24H31N8OS+. The van der Waals surface area contributed by atoms with E-state index >= 15 is 0 Å². The minimum absolute atomic E-state index is 0.532. The second kappa shape index (κ2) is 9.09. The molecule has 9 nitrogen and oxygen atoms in total. The zero-order chi connectivity index (χ0) is 23.1. The van der Waals surface area contributed by atoms with Crippen LogP contribution in [-0.4, -0.2) is 75.5 Å². The van der Waals surface area contributed by atoms with Gasteiger partial charge in [0, 0.05) is 44.1 Å². The van der Waals surface area contributed by atoms with Crippen molar-refractivity contribution in [1.82, 2.24) is 29.5 Å². The summed E-state index contributed by atoms with van der Waals surface area (Å²) in [5.41, 5.74) is 4.82. The number of aromatic amines is 1. The van der Waals surface area contributed by atoms with E-state index in [1.807, 2.05) is 18.6 Å². The number of nitrogens with one attached hydrogen (secondary N) is 1. The topological polar surface area (TPSA) is 79.0 Å². The summed E-state index contributed by atoms with van der Waals surface area (Å²) >= 11 is 1.67. The van der Waals surface area contributed by atoms with Crippen LogP contribution in [0.15, 0.2) is 31.0 Å². The average molecular weight is 480 g/mol. The highest BCUT2D eigenvalue weighted by atomic mass is 32.1. The van der Waals surface area contributed by atoms with Gasteiger partial charge in [0.1, 0.15) is 11.2 Å². The van der Waals surface area contributed by atoms with Gasteiger partial charge in [-0.2, -0.15) is 4.68 Å². The number of aryl methyl sites for hydroxylation is 1. The van der Waals surface area contributed by atoms with E-state index in [1.54, 1.807) is 11.3 Å². The molecular weight excluding hydrogens is 448 g/mol. The molecule has 2 aliphatic heterocycles. The van der Waals surface area contributed by atoms with E-state index < -0.39 is 0 Å². The Hall–Kier alpha value is -2.82. The first-order valence-electron chi connectivity index (χ1n) is 12.1. The zero-order valence-electron chi connectivity index (χ0n) is 19.8. The van der Waals surface area contributed by atoms with Crippen LogP contribution in [0.25, 0.3) is 32.9 Å². The van der Waals surface area contributed by atoms with Gasteiger partial charge in [-0.1, -0.05) is 18.3 Å². The summed E-state index contributed by atoms with van der Waals surface area (Å²) in [6.07, 6.45) is 12.6. The lowest BCUT2D eigenvalue weighted by Crippen LogP contribution is -2.44. The van der Waals surface area contributed by atoms with Crippen LogP contribution in [-0.2, 0) is 11.8 Å². The molecule has 1 N–H and O–H groups in total. The number of fused-ring (bicyclic) bond motifs is 1. The zero-order valence-corrected chi connectivity index (χ0v) is 20.6. The molecule has 2 fully saturated rings. The Morgan fingerprint density at radius 1 is 1.15 bits per heavy atom. The molecule has 0 amide bonds. The first-order valence-corrected chi connectivity index (χ1v) is 12.9. The molecule has 4 aromatic rings. The molecule has 6 heterocycles. The molecule has 2 aliphatic rings. The fourth-order valence-corrected chi connectivity index (χ4v) is 5.97. The Bertz CT molecular complexity index is 1280. The highest BCUT2D eigenvalue weighted by molar-refractivity contribution is 7.18. The van der Waals surface area contributed by atoms with E-state index in [9.17, 15) is 0 Å². The minimum Gasteiger partial charge on any atom is -0.378 e. The van der Waals surface area contributed by atoms with Gasteiger partial charge in [-0.3, -0.25) is 0 Å². The molecule has 0 aromatic carbocycles. The average Bonchev–Trinajstić information content (AvgIpc) is 3.62. The number of rotatable bonds is 5. The number of nitrogens with zero attached hydrogens (tertiary/aromatic N) is 7. The third kappa shape index (κ3) is 3.99. The van der Waals surface area contributed by atoms with Crippen LogP contribution >= 0.6 is 11.3 Å². The number of anilines is 1. The number of H-pyrrole nitrogens is 1. The largest absolute Gasteiger partial charge is 0.378 e. The summed E-state index contributed by atoms with van der Waals surface area (Å²) < 4.78 is 10.1. The fraction of sp³-hybridized carbons (Fsp3) is 0.500. The predicted octanol–water partition coefficient (Wildman–Crippen LogP) is 2.87. The molecule has 0 atom stereocenters. The number of piperidine rings is 1. The van der Waals surface area contributed by atoms with Gasteiger partial charge in [-0.05, 0) is 19.4 Å². The Kier molecular flexibility index (Phi) is 5.80. The Morgan fingerprint density at radius 3 is 2.76 bits per heavy atom. The van der Waals surface area contributed by atoms with Crippen molar-refractivity contribution >= 4 is 27.6 Å². The lowest BCUT2D eigenvalue weighted by Gasteiger charge is -2.30. The summed E-state index contributed by atoms with van der Waals surface area (Å²) in [4.78, 5) is 23.5. The third-order valence-electron chi connectivity index (χ3n) is 7.06. The second-order valence-electron chi connectivity index (χ2n) is 9.09. The summed E-state index contributed by atoms with van der Waals surface area (Å²) in [5.74, 6) is 0. The molecule has 10 heteroatoms. The van der Waals surface area contributed by atoms with Gasteiger partial charge < -0.3 is 19.5 Å². The second-order valence-corrected chi connectivity index (χ2v) is 10.1. The lowest BCUT2D eigenvalue weighted by molar-refractivity contribution is -0.756. The number of ether oxygens (including phenoxy) is 1. The first-order chi connectivity index (χ1) is 16.7. The molecule has 178 valence electrons. The Labute approximate surface area is 203 Å². The molecule has 0 spiro atoms. The summed E-state index contributed by atoms with van der Waals surface area (Å²) in [5, 5.41) is 1.02. The standard InChI is InChI=1S/C24H31N8OS/c1-3-30-6-4-18(5-7-30)32-16-17(15-29(32)2)19-12-25-23-22(19)28-20(13-26-23)21-14-27-24(34-21)31-8-10-33-11-9-31/h12-16,18H,3-11H2,1-2H3,(H,25,26)/q+1. The van der Waals surface area contributed by atoms with E-state index in [4.69, 9.17) is 9.72 Å². The van der Waals surface area contributed by atoms with Gasteiger partial charge in [0.25, 0.3) is 0 Å². The molecule has 6 rings (SSSR count). The molecule has 0 saturated carbocycles. The van der Waals surface area contributed by atoms with Crippen LogP contribution in [0, 0.1) is 0 Å². The molecule has 0 bridgehead atoms. The van der Waals surface area contributed by atoms with Crippen LogP contribution in [0.1, 0.15) is 25.8 Å². The van der Waals surface area contributed by atoms with Crippen molar-refractivity contribution in [3.05, 3.63) is 31.0 Å². The molecule has 0 aliphatic carbocycles. The first kappa shape index (κ1) is 21.7. The summed E-state index contributed by atoms with van der Waals surface area (Å²) in [6.45, 7) is 8.98. The Morgan fingerprint density at radius 2 is 1.97 bits per heavy atom. The summed E-state index contributed by atoms with van der Waals surface area (Å²) in [7, 11) is 2.13. The smallest absolute Gasteiger partial charge is 0.203 e. The van der Waals surface area contributed by atoms with Gasteiger partial charge in [0.2, 0.25) is 6.20 Å². The van der Waals surface area contributed by atoms with Crippen molar-refractivity contribution in [3.63, 3.8) is 0 Å². The normalized spacial score (nSPS) is 18.2. The lowest BCUT2D eigenvalue weighted by atomic mass is 10.1. The predicted molar refractivity (Wildman–Crippen MR) is 133 cm³/mol. The molecule has 0 radical (unpaired) electrons. The van der Waals surface area contributed by atoms with Gasteiger partial charge in [0.05, 0.1) is 42.1 Å².